The average Bonchev–Trinajstić information content (AvgIpc) is 3.49. The second-order valence-electron chi connectivity index (χ2n) is 10.0. The van der Waals surface area contributed by atoms with Gasteiger partial charge in [0.05, 0.1) is 38.6 Å². The number of rotatable bonds is 3. The first-order valence-electron chi connectivity index (χ1n) is 13.9. The zero-order chi connectivity index (χ0) is 28.3. The number of hydrogen-bond acceptors (Lipinski definition) is 2. The van der Waals surface area contributed by atoms with Crippen molar-refractivity contribution in [3.63, 3.8) is 0 Å². The highest BCUT2D eigenvalue weighted by Gasteiger charge is 2.11. The molecule has 200 valence electrons. The molecule has 0 saturated heterocycles. The van der Waals surface area contributed by atoms with Gasteiger partial charge in [0.2, 0.25) is 0 Å². The molecule has 0 unspecified atom stereocenters. The molecule has 3 heterocycles. The van der Waals surface area contributed by atoms with E-state index in [-0.39, 0.29) is 0 Å². The number of pyridine rings is 2. The molecule has 0 N–H and O–H groups in total. The van der Waals surface area contributed by atoms with Crippen molar-refractivity contribution in [1.82, 2.24) is 14.5 Å². The van der Waals surface area contributed by atoms with Crippen LogP contribution in [0.1, 0.15) is 0 Å². The van der Waals surface area contributed by atoms with Gasteiger partial charge in [-0.3, -0.25) is 0 Å². The molecule has 4 heteroatoms. The monoisotopic (exact) mass is 559 g/mol. The van der Waals surface area contributed by atoms with E-state index < -0.39 is 0 Å². The molecule has 8 aromatic rings. The van der Waals surface area contributed by atoms with Crippen molar-refractivity contribution in [3.8, 4) is 28.2 Å². The Bertz CT molecular complexity index is 2150. The summed E-state index contributed by atoms with van der Waals surface area (Å²) >= 11 is 6.27. The Morgan fingerprint density at radius 3 is 1.69 bits per heavy atom. The Labute approximate surface area is 249 Å². The Balaban J connectivity index is 0.000000148. The lowest BCUT2D eigenvalue weighted by Gasteiger charge is -2.12. The minimum absolute atomic E-state index is 0.745. The van der Waals surface area contributed by atoms with Gasteiger partial charge in [-0.05, 0) is 41.8 Å². The summed E-state index contributed by atoms with van der Waals surface area (Å²) in [6.45, 7) is 0. The molecule has 0 spiro atoms. The van der Waals surface area contributed by atoms with Crippen LogP contribution in [-0.4, -0.2) is 14.5 Å². The second-order valence-corrected chi connectivity index (χ2v) is 10.4. The molecule has 0 aliphatic rings. The van der Waals surface area contributed by atoms with E-state index in [9.17, 15) is 0 Å². The van der Waals surface area contributed by atoms with Crippen molar-refractivity contribution < 1.29 is 0 Å². The molecular formula is C38H26ClN3. The van der Waals surface area contributed by atoms with E-state index in [2.05, 4.69) is 94.6 Å². The highest BCUT2D eigenvalue weighted by atomic mass is 35.5. The number of aromatic nitrogens is 3. The zero-order valence-corrected chi connectivity index (χ0v) is 23.5. The molecule has 42 heavy (non-hydrogen) atoms. The van der Waals surface area contributed by atoms with Crippen LogP contribution in [0.25, 0.3) is 60.9 Å². The summed E-state index contributed by atoms with van der Waals surface area (Å²) < 4.78 is 2.26. The number of halogens is 1. The summed E-state index contributed by atoms with van der Waals surface area (Å²) in [7, 11) is 0. The number of para-hydroxylation sites is 3. The first-order chi connectivity index (χ1) is 20.7. The fourth-order valence-electron chi connectivity index (χ4n) is 5.30. The maximum absolute atomic E-state index is 6.27. The van der Waals surface area contributed by atoms with Gasteiger partial charge < -0.3 is 4.57 Å². The third-order valence-corrected chi connectivity index (χ3v) is 7.67. The highest BCUT2D eigenvalue weighted by molar-refractivity contribution is 6.35. The predicted molar refractivity (Wildman–Crippen MR) is 176 cm³/mol. The number of fused-ring (bicyclic) bond motifs is 3. The van der Waals surface area contributed by atoms with E-state index in [1.54, 1.807) is 0 Å². The average molecular weight is 560 g/mol. The van der Waals surface area contributed by atoms with Gasteiger partial charge in [-0.15, -0.1) is 0 Å². The van der Waals surface area contributed by atoms with Crippen molar-refractivity contribution >= 4 is 44.3 Å². The lowest BCUT2D eigenvalue weighted by molar-refractivity contribution is 1.14. The summed E-state index contributed by atoms with van der Waals surface area (Å²) in [6, 6.07) is 51.4. The van der Waals surface area contributed by atoms with Crippen LogP contribution in [0.5, 0.6) is 0 Å². The molecule has 8 rings (SSSR count). The molecule has 0 atom stereocenters. The van der Waals surface area contributed by atoms with Crippen LogP contribution < -0.4 is 0 Å². The van der Waals surface area contributed by atoms with Crippen molar-refractivity contribution in [3.05, 3.63) is 163 Å². The van der Waals surface area contributed by atoms with Crippen LogP contribution in [0.3, 0.4) is 0 Å². The zero-order valence-electron chi connectivity index (χ0n) is 22.7. The van der Waals surface area contributed by atoms with E-state index in [0.717, 1.165) is 55.0 Å². The molecule has 0 bridgehead atoms. The van der Waals surface area contributed by atoms with E-state index in [1.165, 1.54) is 10.9 Å². The predicted octanol–water partition coefficient (Wildman–Crippen LogP) is 10.4. The molecule has 0 radical (unpaired) electrons. The molecule has 0 saturated carbocycles. The van der Waals surface area contributed by atoms with Crippen LogP contribution >= 0.6 is 11.6 Å². The minimum Gasteiger partial charge on any atom is -0.316 e. The van der Waals surface area contributed by atoms with Gasteiger partial charge in [0.1, 0.15) is 0 Å². The van der Waals surface area contributed by atoms with Gasteiger partial charge in [-0.25, -0.2) is 9.97 Å². The SMILES string of the molecule is Clc1cc(-c2ccccc2)nc2ccccc12.c1ccc(-c2cc(-n3ccc4ccccc43)c3ccccc3n2)cc1. The third kappa shape index (κ3) is 5.03. The maximum atomic E-state index is 6.27. The molecule has 0 fully saturated rings. The van der Waals surface area contributed by atoms with Crippen molar-refractivity contribution in [2.75, 3.05) is 0 Å². The van der Waals surface area contributed by atoms with Gasteiger partial charge in [0.25, 0.3) is 0 Å². The van der Waals surface area contributed by atoms with Crippen LogP contribution in [0.2, 0.25) is 5.02 Å². The number of hydrogen-bond donors (Lipinski definition) is 0. The van der Waals surface area contributed by atoms with Gasteiger partial charge >= 0.3 is 0 Å². The van der Waals surface area contributed by atoms with Gasteiger partial charge in [0.15, 0.2) is 0 Å². The fourth-order valence-corrected chi connectivity index (χ4v) is 5.56. The molecule has 0 aliphatic heterocycles. The summed E-state index contributed by atoms with van der Waals surface area (Å²) in [5, 5.41) is 4.14. The topological polar surface area (TPSA) is 30.7 Å². The van der Waals surface area contributed by atoms with Gasteiger partial charge in [0, 0.05) is 28.1 Å². The summed E-state index contributed by atoms with van der Waals surface area (Å²) in [6.07, 6.45) is 2.14. The van der Waals surface area contributed by atoms with E-state index >= 15 is 0 Å². The van der Waals surface area contributed by atoms with Crippen molar-refractivity contribution in [2.45, 2.75) is 0 Å². The normalized spacial score (nSPS) is 11.0. The molecule has 3 aromatic heterocycles. The lowest BCUT2D eigenvalue weighted by atomic mass is 10.1. The summed E-state index contributed by atoms with van der Waals surface area (Å²) in [5.74, 6) is 0. The lowest BCUT2D eigenvalue weighted by Crippen LogP contribution is -1.96. The minimum atomic E-state index is 0.745. The standard InChI is InChI=1S/C23H16N2.C15H10ClN/c1-2-8-17(9-3-1)21-16-23(19-11-5-6-12-20(19)24-21)25-15-14-18-10-4-7-13-22(18)25;16-13-10-15(11-6-2-1-3-7-11)17-14-9-5-4-8-12(13)14/h1-16H;1-10H. The quantitative estimate of drug-likeness (QED) is 0.215. The van der Waals surface area contributed by atoms with Crippen LogP contribution in [0, 0.1) is 0 Å². The van der Waals surface area contributed by atoms with E-state index in [1.807, 2.05) is 72.8 Å². The van der Waals surface area contributed by atoms with Crippen LogP contribution in [-0.2, 0) is 0 Å². The summed E-state index contributed by atoms with van der Waals surface area (Å²) in [5.41, 5.74) is 8.42. The molecule has 0 aliphatic carbocycles. The second kappa shape index (κ2) is 11.3. The fraction of sp³-hybridized carbons (Fsp3) is 0. The van der Waals surface area contributed by atoms with Gasteiger partial charge in [-0.1, -0.05) is 127 Å². The third-order valence-electron chi connectivity index (χ3n) is 7.36. The highest BCUT2D eigenvalue weighted by Crippen LogP contribution is 2.30. The molecule has 5 aromatic carbocycles. The maximum Gasteiger partial charge on any atom is 0.0730 e. The largest absolute Gasteiger partial charge is 0.316 e. The van der Waals surface area contributed by atoms with Crippen LogP contribution in [0.15, 0.2) is 158 Å². The number of nitrogens with zero attached hydrogens (tertiary/aromatic N) is 3. The Kier molecular flexibility index (Phi) is 6.93. The molecule has 0 amide bonds. The smallest absolute Gasteiger partial charge is 0.0730 e. The molecular weight excluding hydrogens is 534 g/mol. The van der Waals surface area contributed by atoms with E-state index in [4.69, 9.17) is 16.6 Å². The summed E-state index contributed by atoms with van der Waals surface area (Å²) in [4.78, 5) is 9.50. The van der Waals surface area contributed by atoms with Gasteiger partial charge in [-0.2, -0.15) is 0 Å². The Hall–Kier alpha value is -5.25. The molecule has 3 nitrogen and oxygen atoms in total. The van der Waals surface area contributed by atoms with Crippen molar-refractivity contribution in [2.24, 2.45) is 0 Å². The van der Waals surface area contributed by atoms with E-state index in [0.29, 0.717) is 0 Å². The number of benzene rings is 5. The Morgan fingerprint density at radius 1 is 0.476 bits per heavy atom. The first kappa shape index (κ1) is 25.7. The Morgan fingerprint density at radius 2 is 1.00 bits per heavy atom. The first-order valence-corrected chi connectivity index (χ1v) is 14.2. The van der Waals surface area contributed by atoms with Crippen LogP contribution in [0.4, 0.5) is 0 Å². The van der Waals surface area contributed by atoms with Crippen molar-refractivity contribution in [1.29, 1.82) is 0 Å².